The van der Waals surface area contributed by atoms with E-state index in [1.165, 1.54) is 16.3 Å². The molecule has 0 radical (unpaired) electrons. The lowest BCUT2D eigenvalue weighted by Gasteiger charge is -2.09. The van der Waals surface area contributed by atoms with Gasteiger partial charge in [0.15, 0.2) is 0 Å². The van der Waals surface area contributed by atoms with Gasteiger partial charge in [0, 0.05) is 22.3 Å². The fourth-order valence-electron chi connectivity index (χ4n) is 2.02. The summed E-state index contributed by atoms with van der Waals surface area (Å²) in [6.45, 7) is 0. The first-order valence-electron chi connectivity index (χ1n) is 5.32. The minimum atomic E-state index is -0.692. The monoisotopic (exact) mass is 248 g/mol. The summed E-state index contributed by atoms with van der Waals surface area (Å²) >= 11 is 1.81. The van der Waals surface area contributed by atoms with E-state index >= 15 is 0 Å². The summed E-state index contributed by atoms with van der Waals surface area (Å²) in [5.41, 5.74) is 1.21. The highest BCUT2D eigenvalue weighted by Gasteiger charge is 2.25. The Kier molecular flexibility index (Phi) is 2.74. The molecule has 2 unspecified atom stereocenters. The molecule has 0 aliphatic carbocycles. The Bertz CT molecular complexity index is 550. The molecule has 0 amide bonds. The van der Waals surface area contributed by atoms with Gasteiger partial charge in [-0.05, 0) is 22.4 Å². The molecule has 0 aromatic heterocycles. The van der Waals surface area contributed by atoms with Gasteiger partial charge in [0.05, 0.1) is 0 Å². The van der Waals surface area contributed by atoms with Crippen LogP contribution >= 0.6 is 11.8 Å². The highest BCUT2D eigenvalue weighted by Crippen LogP contribution is 2.38. The molecule has 3 heteroatoms. The molecule has 2 aromatic rings. The molecular formula is C13H12OS2. The minimum absolute atomic E-state index is 0.185. The van der Waals surface area contributed by atoms with Crippen LogP contribution in [-0.4, -0.2) is 15.7 Å². The fourth-order valence-corrected chi connectivity index (χ4v) is 5.47. The highest BCUT2D eigenvalue weighted by atomic mass is 32.2. The van der Waals surface area contributed by atoms with E-state index in [-0.39, 0.29) is 4.58 Å². The maximum atomic E-state index is 11.8. The first kappa shape index (κ1) is 10.4. The van der Waals surface area contributed by atoms with E-state index in [0.29, 0.717) is 0 Å². The van der Waals surface area contributed by atoms with Crippen LogP contribution in [0.2, 0.25) is 0 Å². The molecule has 16 heavy (non-hydrogen) atoms. The summed E-state index contributed by atoms with van der Waals surface area (Å²) in [6.07, 6.45) is 0. The van der Waals surface area contributed by atoms with Crippen LogP contribution < -0.4 is 0 Å². The Morgan fingerprint density at radius 1 is 1.12 bits per heavy atom. The van der Waals surface area contributed by atoms with Crippen molar-refractivity contribution in [2.24, 2.45) is 0 Å². The van der Waals surface area contributed by atoms with Crippen LogP contribution in [0.4, 0.5) is 0 Å². The van der Waals surface area contributed by atoms with Gasteiger partial charge in [-0.2, -0.15) is 0 Å². The molecule has 1 nitrogen and oxygen atoms in total. The molecule has 0 bridgehead atoms. The van der Waals surface area contributed by atoms with Gasteiger partial charge in [-0.1, -0.05) is 36.4 Å². The Morgan fingerprint density at radius 3 is 2.69 bits per heavy atom. The topological polar surface area (TPSA) is 17.1 Å². The van der Waals surface area contributed by atoms with Crippen molar-refractivity contribution in [2.45, 2.75) is 4.58 Å². The molecule has 1 heterocycles. The second-order valence-electron chi connectivity index (χ2n) is 3.89. The van der Waals surface area contributed by atoms with Gasteiger partial charge in [-0.15, -0.1) is 11.8 Å². The lowest BCUT2D eigenvalue weighted by Crippen LogP contribution is -1.98. The zero-order valence-electron chi connectivity index (χ0n) is 8.76. The van der Waals surface area contributed by atoms with Crippen molar-refractivity contribution in [3.05, 3.63) is 48.0 Å². The summed E-state index contributed by atoms with van der Waals surface area (Å²) in [7, 11) is -0.692. The number of hydrogen-bond acceptors (Lipinski definition) is 2. The lowest BCUT2D eigenvalue weighted by molar-refractivity contribution is 0.684. The van der Waals surface area contributed by atoms with Crippen LogP contribution in [-0.2, 0) is 10.8 Å². The van der Waals surface area contributed by atoms with Crippen molar-refractivity contribution in [2.75, 3.05) is 11.5 Å². The van der Waals surface area contributed by atoms with Crippen molar-refractivity contribution < 1.29 is 4.21 Å². The Labute approximate surface area is 102 Å². The van der Waals surface area contributed by atoms with Crippen LogP contribution in [0.5, 0.6) is 0 Å². The highest BCUT2D eigenvalue weighted by molar-refractivity contribution is 8.13. The van der Waals surface area contributed by atoms with Crippen LogP contribution in [0, 0.1) is 0 Å². The maximum Gasteiger partial charge on any atom is 0.105 e. The van der Waals surface area contributed by atoms with Gasteiger partial charge in [0.25, 0.3) is 0 Å². The molecule has 82 valence electrons. The van der Waals surface area contributed by atoms with E-state index in [1.54, 1.807) is 0 Å². The van der Waals surface area contributed by atoms with Gasteiger partial charge in [0.2, 0.25) is 0 Å². The quantitative estimate of drug-likeness (QED) is 0.770. The first-order chi connectivity index (χ1) is 7.84. The average molecular weight is 248 g/mol. The molecule has 1 aliphatic rings. The second-order valence-corrected chi connectivity index (χ2v) is 7.05. The lowest BCUT2D eigenvalue weighted by atomic mass is 10.1. The number of hydrogen-bond donors (Lipinski definition) is 0. The van der Waals surface area contributed by atoms with E-state index in [9.17, 15) is 4.21 Å². The zero-order chi connectivity index (χ0) is 11.0. The summed E-state index contributed by atoms with van der Waals surface area (Å²) in [5.74, 6) is 1.85. The van der Waals surface area contributed by atoms with E-state index < -0.39 is 10.8 Å². The fraction of sp³-hybridized carbons (Fsp3) is 0.231. The summed E-state index contributed by atoms with van der Waals surface area (Å²) in [4.78, 5) is 0. The standard InChI is InChI=1S/C13H12OS2/c14-16-8-7-15-13(16)12-6-5-10-3-1-2-4-11(10)9-12/h1-6,9,13H,7-8H2. The molecule has 1 saturated heterocycles. The molecule has 0 saturated carbocycles. The number of rotatable bonds is 1. The first-order valence-corrected chi connectivity index (χ1v) is 7.75. The SMILES string of the molecule is O=S1CCSC1c1ccc2ccccc2c1. The van der Waals surface area contributed by atoms with Gasteiger partial charge in [-0.25, -0.2) is 0 Å². The number of benzene rings is 2. The van der Waals surface area contributed by atoms with E-state index in [4.69, 9.17) is 0 Å². The van der Waals surface area contributed by atoms with Crippen molar-refractivity contribution in [3.8, 4) is 0 Å². The van der Waals surface area contributed by atoms with Crippen molar-refractivity contribution >= 4 is 33.3 Å². The van der Waals surface area contributed by atoms with Gasteiger partial charge in [0.1, 0.15) is 4.58 Å². The van der Waals surface area contributed by atoms with Crippen LogP contribution in [0.1, 0.15) is 10.1 Å². The van der Waals surface area contributed by atoms with Gasteiger partial charge >= 0.3 is 0 Å². The van der Waals surface area contributed by atoms with Crippen LogP contribution in [0.3, 0.4) is 0 Å². The normalized spacial score (nSPS) is 25.0. The molecule has 0 N–H and O–H groups in total. The third kappa shape index (κ3) is 1.78. The van der Waals surface area contributed by atoms with Crippen molar-refractivity contribution in [1.29, 1.82) is 0 Å². The van der Waals surface area contributed by atoms with Crippen LogP contribution in [0.15, 0.2) is 42.5 Å². The van der Waals surface area contributed by atoms with Crippen molar-refractivity contribution in [3.63, 3.8) is 0 Å². The van der Waals surface area contributed by atoms with Gasteiger partial charge in [-0.3, -0.25) is 4.21 Å². The van der Waals surface area contributed by atoms with E-state index in [0.717, 1.165) is 11.5 Å². The Hall–Kier alpha value is -0.800. The number of fused-ring (bicyclic) bond motifs is 1. The Balaban J connectivity index is 2.08. The smallest absolute Gasteiger partial charge is 0.105 e. The number of thioether (sulfide) groups is 1. The predicted molar refractivity (Wildman–Crippen MR) is 72.2 cm³/mol. The molecule has 3 rings (SSSR count). The average Bonchev–Trinajstić information content (AvgIpc) is 2.75. The second kappa shape index (κ2) is 4.22. The largest absolute Gasteiger partial charge is 0.258 e. The maximum absolute atomic E-state index is 11.8. The summed E-state index contributed by atoms with van der Waals surface area (Å²) in [5, 5.41) is 2.49. The van der Waals surface area contributed by atoms with E-state index in [2.05, 4.69) is 30.3 Å². The summed E-state index contributed by atoms with van der Waals surface area (Å²) in [6, 6.07) is 14.7. The molecule has 0 spiro atoms. The predicted octanol–water partition coefficient (Wildman–Crippen LogP) is 3.33. The molecule has 2 aromatic carbocycles. The zero-order valence-corrected chi connectivity index (χ0v) is 10.4. The Morgan fingerprint density at radius 2 is 1.94 bits per heavy atom. The third-order valence-corrected chi connectivity index (χ3v) is 6.52. The van der Waals surface area contributed by atoms with Crippen molar-refractivity contribution in [1.82, 2.24) is 0 Å². The minimum Gasteiger partial charge on any atom is -0.258 e. The third-order valence-electron chi connectivity index (χ3n) is 2.84. The van der Waals surface area contributed by atoms with Crippen LogP contribution in [0.25, 0.3) is 10.8 Å². The summed E-state index contributed by atoms with van der Waals surface area (Å²) < 4.78 is 12.0. The molecule has 1 aliphatic heterocycles. The van der Waals surface area contributed by atoms with E-state index in [1.807, 2.05) is 23.9 Å². The molecule has 1 fully saturated rings. The molecular weight excluding hydrogens is 236 g/mol. The molecule has 2 atom stereocenters. The van der Waals surface area contributed by atoms with Gasteiger partial charge < -0.3 is 0 Å².